The van der Waals surface area contributed by atoms with Crippen molar-refractivity contribution in [1.29, 1.82) is 0 Å². The molecule has 4 nitrogen and oxygen atoms in total. The summed E-state index contributed by atoms with van der Waals surface area (Å²) in [4.78, 5) is 23.4. The number of aryl methyl sites for hydroxylation is 2. The van der Waals surface area contributed by atoms with E-state index in [1.165, 1.54) is 17.5 Å². The van der Waals surface area contributed by atoms with Crippen molar-refractivity contribution in [3.63, 3.8) is 0 Å². The van der Waals surface area contributed by atoms with Crippen LogP contribution in [0, 0.1) is 0 Å². The van der Waals surface area contributed by atoms with Gasteiger partial charge in [-0.3, -0.25) is 9.59 Å². The average Bonchev–Trinajstić information content (AvgIpc) is 2.50. The van der Waals surface area contributed by atoms with Crippen LogP contribution in [-0.2, 0) is 17.6 Å². The number of nitrogens with one attached hydrogen (secondary N) is 1. The van der Waals surface area contributed by atoms with Gasteiger partial charge in [0.1, 0.15) is 0 Å². The fraction of sp³-hybridized carbons (Fsp3) is 0.412. The second-order valence-electron chi connectivity index (χ2n) is 5.40. The molecular formula is C17H21NO3. The summed E-state index contributed by atoms with van der Waals surface area (Å²) >= 11 is 0. The molecule has 1 unspecified atom stereocenters. The van der Waals surface area contributed by atoms with E-state index < -0.39 is 12.0 Å². The number of carbonyl (C=O) groups is 2. The molecule has 1 aliphatic rings. The Bertz CT molecular complexity index is 551. The van der Waals surface area contributed by atoms with Crippen molar-refractivity contribution in [2.75, 3.05) is 6.54 Å². The molecule has 1 aliphatic carbocycles. The molecule has 0 aromatic heterocycles. The fourth-order valence-corrected chi connectivity index (χ4v) is 2.75. The molecule has 0 aliphatic heterocycles. The SMILES string of the molecule is C=CCNC(CC(=O)O)C(=O)c1ccc2c(c1)CCCC2. The standard InChI is InChI=1S/C17H21NO3/c1-2-9-18-15(11-16(19)20)17(21)14-8-7-12-5-3-4-6-13(12)10-14/h2,7-8,10,15,18H,1,3-6,9,11H2,(H,19,20). The molecule has 2 N–H and O–H groups in total. The fourth-order valence-electron chi connectivity index (χ4n) is 2.75. The van der Waals surface area contributed by atoms with Gasteiger partial charge >= 0.3 is 5.97 Å². The molecule has 1 atom stereocenters. The molecule has 1 aromatic rings. The minimum atomic E-state index is -0.983. The van der Waals surface area contributed by atoms with Crippen LogP contribution in [0.15, 0.2) is 30.9 Å². The molecule has 0 saturated heterocycles. The first kappa shape index (κ1) is 15.4. The van der Waals surface area contributed by atoms with Crippen LogP contribution in [0.1, 0.15) is 40.7 Å². The lowest BCUT2D eigenvalue weighted by atomic mass is 9.88. The van der Waals surface area contributed by atoms with Crippen LogP contribution in [0.4, 0.5) is 0 Å². The number of ketones is 1. The van der Waals surface area contributed by atoms with Crippen molar-refractivity contribution in [2.24, 2.45) is 0 Å². The summed E-state index contributed by atoms with van der Waals surface area (Å²) in [6.45, 7) is 3.99. The zero-order chi connectivity index (χ0) is 15.2. The Morgan fingerprint density at radius 3 is 2.67 bits per heavy atom. The van der Waals surface area contributed by atoms with Gasteiger partial charge in [0.05, 0.1) is 12.5 Å². The first-order chi connectivity index (χ1) is 10.1. The van der Waals surface area contributed by atoms with Crippen molar-refractivity contribution < 1.29 is 14.7 Å². The van der Waals surface area contributed by atoms with Crippen molar-refractivity contribution >= 4 is 11.8 Å². The number of rotatable bonds is 7. The van der Waals surface area contributed by atoms with Gasteiger partial charge in [-0.15, -0.1) is 6.58 Å². The third kappa shape index (κ3) is 4.02. The molecule has 0 radical (unpaired) electrons. The van der Waals surface area contributed by atoms with Crippen LogP contribution in [0.5, 0.6) is 0 Å². The molecule has 112 valence electrons. The third-order valence-corrected chi connectivity index (χ3v) is 3.84. The monoisotopic (exact) mass is 287 g/mol. The lowest BCUT2D eigenvalue weighted by molar-refractivity contribution is -0.137. The maximum absolute atomic E-state index is 12.5. The lowest BCUT2D eigenvalue weighted by Crippen LogP contribution is -2.38. The molecule has 0 saturated carbocycles. The van der Waals surface area contributed by atoms with Crippen LogP contribution < -0.4 is 5.32 Å². The summed E-state index contributed by atoms with van der Waals surface area (Å²) in [5.41, 5.74) is 3.13. The predicted octanol–water partition coefficient (Wildman–Crippen LogP) is 2.37. The Kier molecular flexibility index (Phi) is 5.28. The molecule has 0 amide bonds. The lowest BCUT2D eigenvalue weighted by Gasteiger charge is -2.19. The highest BCUT2D eigenvalue weighted by Gasteiger charge is 2.23. The molecule has 2 rings (SSSR count). The molecule has 0 spiro atoms. The maximum atomic E-state index is 12.5. The van der Waals surface area contributed by atoms with Gasteiger partial charge in [0, 0.05) is 12.1 Å². The number of carbonyl (C=O) groups excluding carboxylic acids is 1. The van der Waals surface area contributed by atoms with Crippen LogP contribution in [0.25, 0.3) is 0 Å². The molecule has 0 heterocycles. The zero-order valence-corrected chi connectivity index (χ0v) is 12.1. The maximum Gasteiger partial charge on any atom is 0.305 e. The van der Waals surface area contributed by atoms with Gasteiger partial charge in [0.25, 0.3) is 0 Å². The van der Waals surface area contributed by atoms with Gasteiger partial charge in [-0.05, 0) is 42.9 Å². The van der Waals surface area contributed by atoms with E-state index in [-0.39, 0.29) is 12.2 Å². The number of hydrogen-bond acceptors (Lipinski definition) is 3. The van der Waals surface area contributed by atoms with E-state index in [0.717, 1.165) is 19.3 Å². The normalized spacial score (nSPS) is 15.0. The quantitative estimate of drug-likeness (QED) is 0.597. The van der Waals surface area contributed by atoms with Crippen molar-refractivity contribution in [3.8, 4) is 0 Å². The molecule has 0 fully saturated rings. The highest BCUT2D eigenvalue weighted by Crippen LogP contribution is 2.23. The Morgan fingerprint density at radius 1 is 1.29 bits per heavy atom. The summed E-state index contributed by atoms with van der Waals surface area (Å²) in [6, 6.07) is 5.05. The van der Waals surface area contributed by atoms with Gasteiger partial charge < -0.3 is 10.4 Å². The van der Waals surface area contributed by atoms with E-state index >= 15 is 0 Å². The smallest absolute Gasteiger partial charge is 0.305 e. The largest absolute Gasteiger partial charge is 0.481 e. The molecular weight excluding hydrogens is 266 g/mol. The van der Waals surface area contributed by atoms with E-state index in [4.69, 9.17) is 5.11 Å². The Hall–Kier alpha value is -1.94. The molecule has 4 heteroatoms. The van der Waals surface area contributed by atoms with Crippen molar-refractivity contribution in [2.45, 2.75) is 38.1 Å². The Labute approximate surface area is 124 Å². The summed E-state index contributed by atoms with van der Waals surface area (Å²) in [5.74, 6) is -1.14. The number of carboxylic acid groups (broad SMARTS) is 1. The van der Waals surface area contributed by atoms with Gasteiger partial charge in [0.2, 0.25) is 0 Å². The minimum Gasteiger partial charge on any atom is -0.481 e. The van der Waals surface area contributed by atoms with Crippen molar-refractivity contribution in [1.82, 2.24) is 5.32 Å². The zero-order valence-electron chi connectivity index (χ0n) is 12.1. The minimum absolute atomic E-state index is 0.160. The van der Waals surface area contributed by atoms with Gasteiger partial charge in [-0.1, -0.05) is 18.2 Å². The van der Waals surface area contributed by atoms with E-state index in [1.54, 1.807) is 6.08 Å². The third-order valence-electron chi connectivity index (χ3n) is 3.84. The number of benzene rings is 1. The van der Waals surface area contributed by atoms with Gasteiger partial charge in [-0.2, -0.15) is 0 Å². The molecule has 21 heavy (non-hydrogen) atoms. The second kappa shape index (κ2) is 7.18. The number of aliphatic carboxylic acids is 1. The summed E-state index contributed by atoms with van der Waals surface area (Å²) in [7, 11) is 0. The van der Waals surface area contributed by atoms with Crippen LogP contribution in [0.3, 0.4) is 0 Å². The average molecular weight is 287 g/mol. The predicted molar refractivity (Wildman–Crippen MR) is 81.7 cm³/mol. The summed E-state index contributed by atoms with van der Waals surface area (Å²) in [5, 5.41) is 11.9. The Balaban J connectivity index is 2.18. The summed E-state index contributed by atoms with van der Waals surface area (Å²) < 4.78 is 0. The van der Waals surface area contributed by atoms with Gasteiger partial charge in [0.15, 0.2) is 5.78 Å². The number of carboxylic acids is 1. The van der Waals surface area contributed by atoms with E-state index in [9.17, 15) is 9.59 Å². The topological polar surface area (TPSA) is 66.4 Å². The van der Waals surface area contributed by atoms with E-state index in [0.29, 0.717) is 12.1 Å². The molecule has 1 aromatic carbocycles. The number of hydrogen-bond donors (Lipinski definition) is 2. The van der Waals surface area contributed by atoms with Crippen LogP contribution in [-0.4, -0.2) is 29.4 Å². The first-order valence-electron chi connectivity index (χ1n) is 7.34. The number of fused-ring (bicyclic) bond motifs is 1. The van der Waals surface area contributed by atoms with Crippen LogP contribution >= 0.6 is 0 Å². The van der Waals surface area contributed by atoms with Crippen LogP contribution in [0.2, 0.25) is 0 Å². The summed E-state index contributed by atoms with van der Waals surface area (Å²) in [6.07, 6.45) is 5.82. The van der Waals surface area contributed by atoms with E-state index in [2.05, 4.69) is 11.9 Å². The highest BCUT2D eigenvalue weighted by molar-refractivity contribution is 6.02. The van der Waals surface area contributed by atoms with E-state index in [1.807, 2.05) is 18.2 Å². The molecule has 0 bridgehead atoms. The first-order valence-corrected chi connectivity index (χ1v) is 7.34. The van der Waals surface area contributed by atoms with Gasteiger partial charge in [-0.25, -0.2) is 0 Å². The second-order valence-corrected chi connectivity index (χ2v) is 5.40. The number of Topliss-reactive ketones (excluding diaryl/α,β-unsaturated/α-hetero) is 1. The Morgan fingerprint density at radius 2 is 2.00 bits per heavy atom. The van der Waals surface area contributed by atoms with Crippen molar-refractivity contribution in [3.05, 3.63) is 47.5 Å². The highest BCUT2D eigenvalue weighted by atomic mass is 16.4.